The van der Waals surface area contributed by atoms with Crippen LogP contribution in [0.2, 0.25) is 0 Å². The standard InChI is InChI=1S/C14H18N4O.C9H8FNO2.C2H2/c1-10-8-18(9-17-10)13-5-4-11(6-14(13)19-3)12(15)7-16-2;10-7-2-1-3-8(6-7)11-4-5-13-9(11)12;1-2/h4-9,16H,15H2,1-3H3;1-3,6H,4-5H2;1-2H/b12-7-;;. The molecule has 1 fully saturated rings. The summed E-state index contributed by atoms with van der Waals surface area (Å²) < 4.78 is 24.8. The summed E-state index contributed by atoms with van der Waals surface area (Å²) in [5, 5.41) is 2.91. The van der Waals surface area contributed by atoms with E-state index in [-0.39, 0.29) is 5.82 Å². The first-order valence-electron chi connectivity index (χ1n) is 10.3. The van der Waals surface area contributed by atoms with Crippen LogP contribution in [0, 0.1) is 25.6 Å². The summed E-state index contributed by atoms with van der Waals surface area (Å²) in [6, 6.07) is 11.7. The summed E-state index contributed by atoms with van der Waals surface area (Å²) in [6.07, 6.45) is 13.0. The van der Waals surface area contributed by atoms with Gasteiger partial charge in [-0.05, 0) is 37.3 Å². The molecule has 0 spiro atoms. The third-order valence-corrected chi connectivity index (χ3v) is 4.68. The molecule has 2 heterocycles. The van der Waals surface area contributed by atoms with E-state index in [9.17, 15) is 9.18 Å². The van der Waals surface area contributed by atoms with Crippen molar-refractivity contribution in [2.75, 3.05) is 32.2 Å². The summed E-state index contributed by atoms with van der Waals surface area (Å²) in [5.74, 6) is 0.402. The number of hydrogen-bond donors (Lipinski definition) is 2. The van der Waals surface area contributed by atoms with Crippen molar-refractivity contribution in [3.05, 3.63) is 78.3 Å². The maximum atomic E-state index is 12.8. The van der Waals surface area contributed by atoms with Gasteiger partial charge in [-0.1, -0.05) is 12.1 Å². The molecule has 9 heteroatoms. The molecule has 0 unspecified atom stereocenters. The van der Waals surface area contributed by atoms with Crippen molar-refractivity contribution >= 4 is 17.5 Å². The number of benzene rings is 2. The van der Waals surface area contributed by atoms with Gasteiger partial charge < -0.3 is 25.1 Å². The van der Waals surface area contributed by atoms with Gasteiger partial charge in [0.05, 0.1) is 42.7 Å². The van der Waals surface area contributed by atoms with Crippen LogP contribution >= 0.6 is 0 Å². The van der Waals surface area contributed by atoms with E-state index >= 15 is 0 Å². The fourth-order valence-corrected chi connectivity index (χ4v) is 3.13. The van der Waals surface area contributed by atoms with E-state index < -0.39 is 6.09 Å². The third kappa shape index (κ3) is 6.53. The number of aryl methyl sites for hydroxylation is 1. The van der Waals surface area contributed by atoms with Crippen LogP contribution in [0.1, 0.15) is 11.3 Å². The molecule has 4 rings (SSSR count). The minimum atomic E-state index is -0.411. The number of rotatable bonds is 5. The number of methoxy groups -OCH3 is 1. The molecule has 0 bridgehead atoms. The predicted octanol–water partition coefficient (Wildman–Crippen LogP) is 3.70. The topological polar surface area (TPSA) is 94.6 Å². The molecular formula is C25H28FN5O3. The van der Waals surface area contributed by atoms with E-state index in [1.807, 2.05) is 42.9 Å². The first-order valence-corrected chi connectivity index (χ1v) is 10.3. The van der Waals surface area contributed by atoms with Gasteiger partial charge in [0.2, 0.25) is 0 Å². The maximum absolute atomic E-state index is 12.8. The number of nitrogens with zero attached hydrogens (tertiary/aromatic N) is 3. The Morgan fingerprint density at radius 3 is 2.62 bits per heavy atom. The van der Waals surface area contributed by atoms with Crippen molar-refractivity contribution in [1.29, 1.82) is 0 Å². The smallest absolute Gasteiger partial charge is 0.414 e. The second kappa shape index (κ2) is 12.6. The van der Waals surface area contributed by atoms with Gasteiger partial charge in [0.15, 0.2) is 0 Å². The lowest BCUT2D eigenvalue weighted by Gasteiger charge is -2.11. The van der Waals surface area contributed by atoms with Crippen LogP contribution in [-0.4, -0.2) is 43.0 Å². The minimum Gasteiger partial charge on any atom is -0.495 e. The Hall–Kier alpha value is -4.45. The monoisotopic (exact) mass is 465 g/mol. The number of halogens is 1. The number of amides is 1. The number of cyclic esters (lactones) is 1. The minimum absolute atomic E-state index is 0.350. The summed E-state index contributed by atoms with van der Waals surface area (Å²) in [7, 11) is 3.46. The van der Waals surface area contributed by atoms with Crippen molar-refractivity contribution < 1.29 is 18.7 Å². The fourth-order valence-electron chi connectivity index (χ4n) is 3.13. The van der Waals surface area contributed by atoms with E-state index in [1.54, 1.807) is 31.8 Å². The van der Waals surface area contributed by atoms with E-state index in [0.717, 1.165) is 22.7 Å². The van der Waals surface area contributed by atoms with E-state index in [4.69, 9.17) is 15.2 Å². The molecule has 0 radical (unpaired) electrons. The molecule has 1 aliphatic rings. The Balaban J connectivity index is 0.000000237. The number of carbonyl (C=O) groups excluding carboxylic acids is 1. The molecule has 178 valence electrons. The molecule has 0 saturated carbocycles. The highest BCUT2D eigenvalue weighted by Gasteiger charge is 2.23. The Labute approximate surface area is 198 Å². The van der Waals surface area contributed by atoms with Gasteiger partial charge in [0.1, 0.15) is 18.2 Å². The van der Waals surface area contributed by atoms with Gasteiger partial charge in [0.25, 0.3) is 0 Å². The first-order chi connectivity index (χ1) is 16.4. The van der Waals surface area contributed by atoms with E-state index in [1.165, 1.54) is 17.0 Å². The number of imidazole rings is 1. The van der Waals surface area contributed by atoms with E-state index in [2.05, 4.69) is 23.1 Å². The summed E-state index contributed by atoms with van der Waals surface area (Å²) in [5.41, 5.74) is 9.95. The Morgan fingerprint density at radius 2 is 2.06 bits per heavy atom. The van der Waals surface area contributed by atoms with Gasteiger partial charge in [0, 0.05) is 25.0 Å². The average Bonchev–Trinajstić information content (AvgIpc) is 3.48. The van der Waals surface area contributed by atoms with Crippen molar-refractivity contribution in [3.8, 4) is 24.3 Å². The zero-order valence-corrected chi connectivity index (χ0v) is 19.4. The van der Waals surface area contributed by atoms with Gasteiger partial charge in [-0.2, -0.15) is 0 Å². The lowest BCUT2D eigenvalue weighted by Crippen LogP contribution is -2.23. The lowest BCUT2D eigenvalue weighted by atomic mass is 10.1. The molecule has 0 atom stereocenters. The van der Waals surface area contributed by atoms with Crippen molar-refractivity contribution in [2.24, 2.45) is 5.73 Å². The zero-order chi connectivity index (χ0) is 25.1. The van der Waals surface area contributed by atoms with Crippen LogP contribution in [0.3, 0.4) is 0 Å². The second-order valence-corrected chi connectivity index (χ2v) is 6.94. The Kier molecular flexibility index (Phi) is 9.53. The molecule has 0 aliphatic carbocycles. The average molecular weight is 466 g/mol. The molecule has 1 saturated heterocycles. The highest BCUT2D eigenvalue weighted by Crippen LogP contribution is 2.26. The number of nitrogens with two attached hydrogens (primary N) is 1. The van der Waals surface area contributed by atoms with Crippen LogP contribution in [-0.2, 0) is 4.74 Å². The lowest BCUT2D eigenvalue weighted by molar-refractivity contribution is 0.181. The van der Waals surface area contributed by atoms with Crippen LogP contribution in [0.25, 0.3) is 11.4 Å². The molecular weight excluding hydrogens is 437 g/mol. The number of terminal acetylenes is 1. The van der Waals surface area contributed by atoms with Crippen molar-refractivity contribution in [1.82, 2.24) is 14.9 Å². The molecule has 34 heavy (non-hydrogen) atoms. The third-order valence-electron chi connectivity index (χ3n) is 4.68. The molecule has 2 aromatic carbocycles. The van der Waals surface area contributed by atoms with E-state index in [0.29, 0.717) is 24.5 Å². The normalized spacial score (nSPS) is 12.6. The largest absolute Gasteiger partial charge is 0.495 e. The molecule has 3 N–H and O–H groups in total. The number of nitrogens with one attached hydrogen (secondary N) is 1. The number of ether oxygens (including phenoxy) is 2. The highest BCUT2D eigenvalue weighted by molar-refractivity contribution is 5.89. The maximum Gasteiger partial charge on any atom is 0.414 e. The zero-order valence-electron chi connectivity index (χ0n) is 19.4. The SMILES string of the molecule is C#C.CN/C=C(\N)c1ccc(-n2cnc(C)c2)c(OC)c1.O=C1OCCN1c1cccc(F)c1. The van der Waals surface area contributed by atoms with Gasteiger partial charge in [-0.3, -0.25) is 4.90 Å². The van der Waals surface area contributed by atoms with Crippen LogP contribution < -0.4 is 20.7 Å². The number of aromatic nitrogens is 2. The second-order valence-electron chi connectivity index (χ2n) is 6.94. The molecule has 3 aromatic rings. The Morgan fingerprint density at radius 1 is 1.29 bits per heavy atom. The van der Waals surface area contributed by atoms with Gasteiger partial charge in [-0.15, -0.1) is 12.8 Å². The van der Waals surface area contributed by atoms with Crippen LogP contribution in [0.4, 0.5) is 14.9 Å². The highest BCUT2D eigenvalue weighted by atomic mass is 19.1. The summed E-state index contributed by atoms with van der Waals surface area (Å²) >= 11 is 0. The van der Waals surface area contributed by atoms with Crippen LogP contribution in [0.15, 0.2) is 61.2 Å². The quantitative estimate of drug-likeness (QED) is 0.558. The fraction of sp³-hybridized carbons (Fsp3) is 0.200. The Bertz CT molecular complexity index is 1160. The van der Waals surface area contributed by atoms with Crippen molar-refractivity contribution in [2.45, 2.75) is 6.92 Å². The van der Waals surface area contributed by atoms with Crippen molar-refractivity contribution in [3.63, 3.8) is 0 Å². The predicted molar refractivity (Wildman–Crippen MR) is 131 cm³/mol. The molecule has 1 aliphatic heterocycles. The van der Waals surface area contributed by atoms with Gasteiger partial charge in [-0.25, -0.2) is 14.2 Å². The molecule has 8 nitrogen and oxygen atoms in total. The van der Waals surface area contributed by atoms with Crippen LogP contribution in [0.5, 0.6) is 5.75 Å². The molecule has 1 amide bonds. The summed E-state index contributed by atoms with van der Waals surface area (Å²) in [6.45, 7) is 2.81. The molecule has 1 aromatic heterocycles. The number of hydrogen-bond acceptors (Lipinski definition) is 6. The van der Waals surface area contributed by atoms with Gasteiger partial charge >= 0.3 is 6.09 Å². The number of anilines is 1. The summed E-state index contributed by atoms with van der Waals surface area (Å²) in [4.78, 5) is 16.7. The number of carbonyl (C=O) groups is 1. The first kappa shape index (κ1) is 25.8.